The van der Waals surface area contributed by atoms with Gasteiger partial charge >= 0.3 is 10.2 Å². The molecule has 1 heterocycles. The van der Waals surface area contributed by atoms with Crippen LogP contribution < -0.4 is 10.0 Å². The van der Waals surface area contributed by atoms with E-state index in [4.69, 9.17) is 0 Å². The predicted octanol–water partition coefficient (Wildman–Crippen LogP) is 3.63. The van der Waals surface area contributed by atoms with Crippen molar-refractivity contribution in [2.75, 3.05) is 23.1 Å². The summed E-state index contributed by atoms with van der Waals surface area (Å²) in [5, 5.41) is 2.42. The molecule has 0 saturated carbocycles. The number of carbonyl (C=O) groups is 1. The quantitative estimate of drug-likeness (QED) is 0.446. The number of benzene rings is 2. The molecule has 6 nitrogen and oxygen atoms in total. The number of hydrogen-bond acceptors (Lipinski definition) is 4. The van der Waals surface area contributed by atoms with Crippen LogP contribution in [0.25, 0.3) is 0 Å². The van der Waals surface area contributed by atoms with Gasteiger partial charge in [0.2, 0.25) is 0 Å². The van der Waals surface area contributed by atoms with Crippen LogP contribution in [0.2, 0.25) is 0 Å². The Labute approximate surface area is 173 Å². The lowest BCUT2D eigenvalue weighted by molar-refractivity contribution is -0.110. The summed E-state index contributed by atoms with van der Waals surface area (Å²) in [5.41, 5.74) is -0.978. The molecule has 0 radical (unpaired) electrons. The van der Waals surface area contributed by atoms with Crippen molar-refractivity contribution in [2.45, 2.75) is 6.42 Å². The molecule has 2 N–H and O–H groups in total. The molecule has 1 atom stereocenters. The van der Waals surface area contributed by atoms with Crippen molar-refractivity contribution in [3.63, 3.8) is 0 Å². The van der Waals surface area contributed by atoms with Gasteiger partial charge in [-0.15, -0.1) is 0 Å². The number of aldehydes is 1. The Balaban J connectivity index is 1.93. The van der Waals surface area contributed by atoms with E-state index in [9.17, 15) is 26.4 Å². The van der Waals surface area contributed by atoms with E-state index in [1.807, 2.05) is 22.6 Å². The van der Waals surface area contributed by atoms with Crippen molar-refractivity contribution in [2.24, 2.45) is 5.92 Å². The molecular formula is C17H15F3IN3O3S. The van der Waals surface area contributed by atoms with Gasteiger partial charge in [0.1, 0.15) is 17.8 Å². The average Bonchev–Trinajstić information content (AvgIpc) is 3.13. The molecule has 2 aromatic rings. The van der Waals surface area contributed by atoms with Crippen LogP contribution in [0.3, 0.4) is 0 Å². The number of nitrogens with zero attached hydrogens (tertiary/aromatic N) is 1. The predicted molar refractivity (Wildman–Crippen MR) is 107 cm³/mol. The summed E-state index contributed by atoms with van der Waals surface area (Å²) in [6.07, 6.45) is 1.06. The second-order valence-electron chi connectivity index (χ2n) is 6.18. The lowest BCUT2D eigenvalue weighted by Gasteiger charge is -2.20. The maximum atomic E-state index is 14.4. The van der Waals surface area contributed by atoms with Gasteiger partial charge in [0.05, 0.1) is 11.4 Å². The number of rotatable bonds is 6. The highest BCUT2D eigenvalue weighted by atomic mass is 127. The zero-order chi connectivity index (χ0) is 20.5. The monoisotopic (exact) mass is 525 g/mol. The van der Waals surface area contributed by atoms with Gasteiger partial charge in [-0.3, -0.25) is 4.72 Å². The van der Waals surface area contributed by atoms with Crippen LogP contribution >= 0.6 is 22.6 Å². The Morgan fingerprint density at radius 1 is 1.11 bits per heavy atom. The summed E-state index contributed by atoms with van der Waals surface area (Å²) in [4.78, 5) is 10.9. The van der Waals surface area contributed by atoms with Crippen LogP contribution in [0, 0.1) is 26.9 Å². The molecule has 1 unspecified atom stereocenters. The van der Waals surface area contributed by atoms with Crippen molar-refractivity contribution in [1.82, 2.24) is 4.31 Å². The van der Waals surface area contributed by atoms with Crippen LogP contribution in [0.15, 0.2) is 30.3 Å². The molecule has 0 aromatic heterocycles. The van der Waals surface area contributed by atoms with Crippen molar-refractivity contribution in [1.29, 1.82) is 0 Å². The molecule has 28 heavy (non-hydrogen) atoms. The number of halogens is 4. The fourth-order valence-electron chi connectivity index (χ4n) is 2.77. The van der Waals surface area contributed by atoms with E-state index in [2.05, 4.69) is 10.0 Å². The second-order valence-corrected chi connectivity index (χ2v) is 9.10. The molecule has 1 aliphatic heterocycles. The molecule has 1 fully saturated rings. The zero-order valence-corrected chi connectivity index (χ0v) is 17.2. The van der Waals surface area contributed by atoms with E-state index in [1.165, 1.54) is 12.1 Å². The topological polar surface area (TPSA) is 78.5 Å². The number of carbonyl (C=O) groups excluding carboxylic acids is 1. The number of nitrogens with one attached hydrogen (secondary N) is 2. The van der Waals surface area contributed by atoms with Gasteiger partial charge in [-0.2, -0.15) is 12.7 Å². The first-order chi connectivity index (χ1) is 13.2. The van der Waals surface area contributed by atoms with E-state index in [1.54, 1.807) is 6.07 Å². The molecule has 0 aliphatic carbocycles. The molecule has 0 spiro atoms. The van der Waals surface area contributed by atoms with Crippen LogP contribution in [0.5, 0.6) is 0 Å². The first kappa shape index (κ1) is 20.9. The summed E-state index contributed by atoms with van der Waals surface area (Å²) in [7, 11) is -4.12. The molecule has 11 heteroatoms. The number of hydrogen-bond donors (Lipinski definition) is 2. The van der Waals surface area contributed by atoms with Gasteiger partial charge in [-0.1, -0.05) is 0 Å². The minimum Gasteiger partial charge on any atom is -0.349 e. The lowest BCUT2D eigenvalue weighted by atomic mass is 10.2. The second kappa shape index (κ2) is 8.25. The van der Waals surface area contributed by atoms with E-state index in [-0.39, 0.29) is 24.5 Å². The Hall–Kier alpha value is -1.86. The van der Waals surface area contributed by atoms with Crippen molar-refractivity contribution < 1.29 is 26.4 Å². The summed E-state index contributed by atoms with van der Waals surface area (Å²) < 4.78 is 71.1. The minimum atomic E-state index is -4.12. The van der Waals surface area contributed by atoms with Gasteiger partial charge in [0.15, 0.2) is 11.6 Å². The van der Waals surface area contributed by atoms with Crippen LogP contribution in [-0.2, 0) is 15.0 Å². The SMILES string of the molecule is O=CC1CCN(S(=O)(=O)Nc2ccc(F)c(F)c2Nc2ccc(I)cc2F)C1. The summed E-state index contributed by atoms with van der Waals surface area (Å²) in [5.74, 6) is -3.71. The van der Waals surface area contributed by atoms with E-state index < -0.39 is 39.3 Å². The Morgan fingerprint density at radius 2 is 1.82 bits per heavy atom. The fraction of sp³-hybridized carbons (Fsp3) is 0.235. The first-order valence-corrected chi connectivity index (χ1v) is 10.7. The summed E-state index contributed by atoms with van der Waals surface area (Å²) >= 11 is 1.89. The largest absolute Gasteiger partial charge is 0.349 e. The van der Waals surface area contributed by atoms with Gasteiger partial charge in [0, 0.05) is 22.6 Å². The standard InChI is InChI=1S/C17H15F3IN3O3S/c18-12-2-4-15(23-28(26,27)24-6-5-10(8-24)9-25)17(16(12)20)22-14-3-1-11(21)7-13(14)19/h1-4,7,9-10,22-23H,5-6,8H2. The maximum absolute atomic E-state index is 14.4. The third-order valence-electron chi connectivity index (χ3n) is 4.24. The molecular weight excluding hydrogens is 510 g/mol. The van der Waals surface area contributed by atoms with Crippen LogP contribution in [-0.4, -0.2) is 32.1 Å². The molecule has 0 amide bonds. The highest BCUT2D eigenvalue weighted by molar-refractivity contribution is 14.1. The molecule has 1 aliphatic rings. The van der Waals surface area contributed by atoms with Crippen LogP contribution in [0.1, 0.15) is 6.42 Å². The highest BCUT2D eigenvalue weighted by Gasteiger charge is 2.32. The first-order valence-electron chi connectivity index (χ1n) is 8.14. The molecule has 0 bridgehead atoms. The molecule has 150 valence electrons. The molecule has 1 saturated heterocycles. The Morgan fingerprint density at radius 3 is 2.46 bits per heavy atom. The maximum Gasteiger partial charge on any atom is 0.301 e. The van der Waals surface area contributed by atoms with E-state index in [0.717, 1.165) is 16.4 Å². The minimum absolute atomic E-state index is 0.00295. The third kappa shape index (κ3) is 4.41. The molecule has 2 aromatic carbocycles. The fourth-order valence-corrected chi connectivity index (χ4v) is 4.53. The van der Waals surface area contributed by atoms with Gasteiger partial charge < -0.3 is 10.1 Å². The van der Waals surface area contributed by atoms with E-state index >= 15 is 0 Å². The average molecular weight is 525 g/mol. The Bertz CT molecular complexity index is 1020. The zero-order valence-electron chi connectivity index (χ0n) is 14.3. The highest BCUT2D eigenvalue weighted by Crippen LogP contribution is 2.33. The number of anilines is 3. The lowest BCUT2D eigenvalue weighted by Crippen LogP contribution is -2.34. The van der Waals surface area contributed by atoms with Gasteiger partial charge in [0.25, 0.3) is 0 Å². The normalized spacial score (nSPS) is 17.5. The van der Waals surface area contributed by atoms with Crippen molar-refractivity contribution >= 4 is 56.1 Å². The summed E-state index contributed by atoms with van der Waals surface area (Å²) in [6, 6.07) is 5.87. The molecule has 3 rings (SSSR count). The Kier molecular flexibility index (Phi) is 6.15. The smallest absolute Gasteiger partial charge is 0.301 e. The van der Waals surface area contributed by atoms with Crippen molar-refractivity contribution in [3.05, 3.63) is 51.4 Å². The summed E-state index contributed by atoms with van der Waals surface area (Å²) in [6.45, 7) is 0.119. The van der Waals surface area contributed by atoms with E-state index in [0.29, 0.717) is 16.3 Å². The third-order valence-corrected chi connectivity index (χ3v) is 6.40. The van der Waals surface area contributed by atoms with Crippen molar-refractivity contribution in [3.8, 4) is 0 Å². The van der Waals surface area contributed by atoms with Gasteiger partial charge in [-0.05, 0) is 59.3 Å². The van der Waals surface area contributed by atoms with Crippen LogP contribution in [0.4, 0.5) is 30.2 Å². The van der Waals surface area contributed by atoms with Gasteiger partial charge in [-0.25, -0.2) is 13.2 Å².